The van der Waals surface area contributed by atoms with Gasteiger partial charge in [0.05, 0.1) is 21.9 Å². The molecule has 174 valence electrons. The van der Waals surface area contributed by atoms with Crippen LogP contribution in [0.3, 0.4) is 0 Å². The molecule has 1 aliphatic rings. The molecule has 0 atom stereocenters. The number of halogens is 4. The van der Waals surface area contributed by atoms with Gasteiger partial charge in [0.25, 0.3) is 0 Å². The van der Waals surface area contributed by atoms with Crippen LogP contribution < -0.4 is 10.2 Å². The maximum atomic E-state index is 13.7. The predicted molar refractivity (Wildman–Crippen MR) is 118 cm³/mol. The standard InChI is InChI=1S/C21H23ClF3N3O3S/c1-27-9-11-28(12-10-27)16-4-7-19(18(14-16)21(23,24)25)26-20(29)8-13-32(30,31)17-5-2-15(22)3-6-17/h2-7,14H,8-13H2,1H3,(H,26,29). The van der Waals surface area contributed by atoms with Gasteiger partial charge in [-0.3, -0.25) is 4.79 Å². The number of alkyl halides is 3. The lowest BCUT2D eigenvalue weighted by atomic mass is 10.1. The Morgan fingerprint density at radius 3 is 2.28 bits per heavy atom. The molecule has 0 aliphatic carbocycles. The Morgan fingerprint density at radius 2 is 1.69 bits per heavy atom. The number of rotatable bonds is 6. The van der Waals surface area contributed by atoms with Crippen LogP contribution in [0.4, 0.5) is 24.5 Å². The van der Waals surface area contributed by atoms with Crippen LogP contribution in [0, 0.1) is 0 Å². The third-order valence-electron chi connectivity index (χ3n) is 5.22. The molecule has 0 saturated carbocycles. The Morgan fingerprint density at radius 1 is 1.06 bits per heavy atom. The Bertz CT molecular complexity index is 1070. The smallest absolute Gasteiger partial charge is 0.369 e. The Balaban J connectivity index is 1.71. The van der Waals surface area contributed by atoms with Crippen LogP contribution in [0.5, 0.6) is 0 Å². The molecule has 6 nitrogen and oxygen atoms in total. The summed E-state index contributed by atoms with van der Waals surface area (Å²) in [7, 11) is -1.83. The maximum absolute atomic E-state index is 13.7. The van der Waals surface area contributed by atoms with Gasteiger partial charge in [0.15, 0.2) is 9.84 Å². The van der Waals surface area contributed by atoms with Crippen molar-refractivity contribution in [1.82, 2.24) is 4.90 Å². The van der Waals surface area contributed by atoms with Crippen molar-refractivity contribution in [1.29, 1.82) is 0 Å². The minimum Gasteiger partial charge on any atom is -0.369 e. The number of amides is 1. The fourth-order valence-electron chi connectivity index (χ4n) is 3.34. The van der Waals surface area contributed by atoms with E-state index in [0.29, 0.717) is 23.8 Å². The minimum absolute atomic E-state index is 0.0118. The van der Waals surface area contributed by atoms with E-state index in [1.165, 1.54) is 36.4 Å². The predicted octanol–water partition coefficient (Wildman–Crippen LogP) is 3.91. The second-order valence-corrected chi connectivity index (χ2v) is 10.1. The van der Waals surface area contributed by atoms with Gasteiger partial charge in [-0.2, -0.15) is 13.2 Å². The summed E-state index contributed by atoms with van der Waals surface area (Å²) in [5, 5.41) is 2.58. The van der Waals surface area contributed by atoms with E-state index in [-0.39, 0.29) is 4.90 Å². The molecule has 1 saturated heterocycles. The van der Waals surface area contributed by atoms with Gasteiger partial charge in [0, 0.05) is 43.3 Å². The van der Waals surface area contributed by atoms with Crippen molar-refractivity contribution in [2.75, 3.05) is 49.2 Å². The summed E-state index contributed by atoms with van der Waals surface area (Å²) in [6.45, 7) is 2.67. The number of anilines is 2. The molecule has 1 aliphatic heterocycles. The third-order valence-corrected chi connectivity index (χ3v) is 7.21. The molecule has 2 aromatic carbocycles. The molecule has 32 heavy (non-hydrogen) atoms. The first-order chi connectivity index (χ1) is 15.0. The number of piperazine rings is 1. The SMILES string of the molecule is CN1CCN(c2ccc(NC(=O)CCS(=O)(=O)c3ccc(Cl)cc3)c(C(F)(F)F)c2)CC1. The van der Waals surface area contributed by atoms with Crippen LogP contribution in [0.25, 0.3) is 0 Å². The number of nitrogens with zero attached hydrogens (tertiary/aromatic N) is 2. The van der Waals surface area contributed by atoms with Gasteiger partial charge in [-0.1, -0.05) is 11.6 Å². The van der Waals surface area contributed by atoms with Crippen LogP contribution in [0.1, 0.15) is 12.0 Å². The second-order valence-electron chi connectivity index (χ2n) is 7.59. The number of hydrogen-bond donors (Lipinski definition) is 1. The van der Waals surface area contributed by atoms with E-state index >= 15 is 0 Å². The summed E-state index contributed by atoms with van der Waals surface area (Å²) in [6, 6.07) is 9.20. The van der Waals surface area contributed by atoms with Crippen molar-refractivity contribution >= 4 is 38.7 Å². The molecule has 0 bridgehead atoms. The highest BCUT2D eigenvalue weighted by Crippen LogP contribution is 2.37. The fraction of sp³-hybridized carbons (Fsp3) is 0.381. The van der Waals surface area contributed by atoms with E-state index in [2.05, 4.69) is 10.2 Å². The molecular weight excluding hydrogens is 467 g/mol. The number of benzene rings is 2. The number of carbonyl (C=O) groups is 1. The quantitative estimate of drug-likeness (QED) is 0.666. The van der Waals surface area contributed by atoms with E-state index < -0.39 is 45.3 Å². The fourth-order valence-corrected chi connectivity index (χ4v) is 4.70. The zero-order valence-electron chi connectivity index (χ0n) is 17.3. The summed E-state index contributed by atoms with van der Waals surface area (Å²) in [4.78, 5) is 16.2. The number of hydrogen-bond acceptors (Lipinski definition) is 5. The third kappa shape index (κ3) is 6.14. The van der Waals surface area contributed by atoms with Gasteiger partial charge >= 0.3 is 6.18 Å². The minimum atomic E-state index is -4.68. The molecule has 0 spiro atoms. The van der Waals surface area contributed by atoms with Crippen LogP contribution >= 0.6 is 11.6 Å². The molecule has 1 amide bonds. The van der Waals surface area contributed by atoms with Crippen LogP contribution in [-0.2, 0) is 20.8 Å². The van der Waals surface area contributed by atoms with E-state index in [9.17, 15) is 26.4 Å². The Labute approximate surface area is 189 Å². The molecular formula is C21H23ClF3N3O3S. The summed E-state index contributed by atoms with van der Waals surface area (Å²) >= 11 is 5.74. The van der Waals surface area contributed by atoms with E-state index in [0.717, 1.165) is 19.2 Å². The molecule has 3 rings (SSSR count). The zero-order chi connectivity index (χ0) is 23.5. The van der Waals surface area contributed by atoms with E-state index in [4.69, 9.17) is 11.6 Å². The van der Waals surface area contributed by atoms with Crippen molar-refractivity contribution in [3.05, 3.63) is 53.1 Å². The topological polar surface area (TPSA) is 69.7 Å². The van der Waals surface area contributed by atoms with Crippen molar-refractivity contribution in [2.45, 2.75) is 17.5 Å². The van der Waals surface area contributed by atoms with Crippen LogP contribution in [0.2, 0.25) is 5.02 Å². The normalized spacial score (nSPS) is 15.6. The highest BCUT2D eigenvalue weighted by molar-refractivity contribution is 7.91. The first-order valence-corrected chi connectivity index (χ1v) is 11.9. The average Bonchev–Trinajstić information content (AvgIpc) is 2.73. The van der Waals surface area contributed by atoms with Gasteiger partial charge in [0.1, 0.15) is 0 Å². The van der Waals surface area contributed by atoms with Gasteiger partial charge < -0.3 is 15.1 Å². The number of nitrogens with one attached hydrogen (secondary N) is 1. The number of carbonyl (C=O) groups excluding carboxylic acids is 1. The molecule has 1 N–H and O–H groups in total. The monoisotopic (exact) mass is 489 g/mol. The lowest BCUT2D eigenvalue weighted by molar-refractivity contribution is -0.136. The van der Waals surface area contributed by atoms with Crippen molar-refractivity contribution in [2.24, 2.45) is 0 Å². The van der Waals surface area contributed by atoms with Crippen LogP contribution in [0.15, 0.2) is 47.4 Å². The molecule has 2 aromatic rings. The lowest BCUT2D eigenvalue weighted by Gasteiger charge is -2.34. The average molecular weight is 490 g/mol. The van der Waals surface area contributed by atoms with Crippen molar-refractivity contribution in [3.63, 3.8) is 0 Å². The maximum Gasteiger partial charge on any atom is 0.418 e. The molecule has 0 radical (unpaired) electrons. The summed E-state index contributed by atoms with van der Waals surface area (Å²) in [6.07, 6.45) is -5.16. The molecule has 11 heteroatoms. The first-order valence-electron chi connectivity index (χ1n) is 9.88. The van der Waals surface area contributed by atoms with Gasteiger partial charge in [-0.05, 0) is 49.5 Å². The van der Waals surface area contributed by atoms with Gasteiger partial charge in [-0.25, -0.2) is 8.42 Å². The second kappa shape index (κ2) is 9.68. The molecule has 1 fully saturated rings. The van der Waals surface area contributed by atoms with E-state index in [1.807, 2.05) is 11.9 Å². The molecule has 1 heterocycles. The van der Waals surface area contributed by atoms with Gasteiger partial charge in [0.2, 0.25) is 5.91 Å². The summed E-state index contributed by atoms with van der Waals surface area (Å²) in [5.74, 6) is -1.36. The number of sulfone groups is 1. The van der Waals surface area contributed by atoms with E-state index in [1.54, 1.807) is 0 Å². The Kier molecular flexibility index (Phi) is 7.36. The van der Waals surface area contributed by atoms with Crippen molar-refractivity contribution < 1.29 is 26.4 Å². The largest absolute Gasteiger partial charge is 0.418 e. The Hall–Kier alpha value is -2.30. The summed E-state index contributed by atoms with van der Waals surface area (Å²) in [5.41, 5.74) is -0.944. The highest BCUT2D eigenvalue weighted by atomic mass is 35.5. The zero-order valence-corrected chi connectivity index (χ0v) is 18.9. The summed E-state index contributed by atoms with van der Waals surface area (Å²) < 4.78 is 65.7. The van der Waals surface area contributed by atoms with Gasteiger partial charge in [-0.15, -0.1) is 0 Å². The number of likely N-dealkylation sites (N-methyl/N-ethyl adjacent to an activating group) is 1. The van der Waals surface area contributed by atoms with Crippen LogP contribution in [-0.4, -0.2) is 58.2 Å². The van der Waals surface area contributed by atoms with Crippen molar-refractivity contribution in [3.8, 4) is 0 Å². The molecule has 0 unspecified atom stereocenters. The lowest BCUT2D eigenvalue weighted by Crippen LogP contribution is -2.44. The highest BCUT2D eigenvalue weighted by Gasteiger charge is 2.35. The molecule has 0 aromatic heterocycles. The first kappa shape index (κ1) is 24.3.